The van der Waals surface area contributed by atoms with Crippen molar-refractivity contribution in [2.75, 3.05) is 7.11 Å². The average Bonchev–Trinajstić information content (AvgIpc) is 2.27. The summed E-state index contributed by atoms with van der Waals surface area (Å²) < 4.78 is 4.64. The molecule has 1 rings (SSSR count). The van der Waals surface area contributed by atoms with E-state index in [2.05, 4.69) is 4.74 Å². The van der Waals surface area contributed by atoms with Gasteiger partial charge in [0.25, 0.3) is 0 Å². The molecule has 0 aromatic heterocycles. The number of esters is 1. The van der Waals surface area contributed by atoms with E-state index in [9.17, 15) is 4.79 Å². The molecule has 1 aromatic carbocycles. The van der Waals surface area contributed by atoms with Crippen LogP contribution in [0.5, 0.6) is 0 Å². The zero-order valence-electron chi connectivity index (χ0n) is 9.50. The molecule has 0 bridgehead atoms. The fourth-order valence-corrected chi connectivity index (χ4v) is 1.66. The number of aryl methyl sites for hydroxylation is 1. The molecular formula is C12H16ClNO2. The summed E-state index contributed by atoms with van der Waals surface area (Å²) in [6.45, 7) is 1.66. The summed E-state index contributed by atoms with van der Waals surface area (Å²) in [7, 11) is 1.34. The molecule has 16 heavy (non-hydrogen) atoms. The van der Waals surface area contributed by atoms with Crippen molar-refractivity contribution >= 4 is 17.6 Å². The summed E-state index contributed by atoms with van der Waals surface area (Å²) in [5.41, 5.74) is 5.88. The second kappa shape index (κ2) is 5.32. The summed E-state index contributed by atoms with van der Waals surface area (Å²) in [6, 6.07) is 7.53. The minimum absolute atomic E-state index is 0.403. The third-order valence-corrected chi connectivity index (χ3v) is 2.89. The van der Waals surface area contributed by atoms with Gasteiger partial charge in [0.15, 0.2) is 0 Å². The summed E-state index contributed by atoms with van der Waals surface area (Å²) in [4.78, 5) is 11.4. The molecule has 0 radical (unpaired) electrons. The van der Waals surface area contributed by atoms with Crippen LogP contribution in [0.4, 0.5) is 0 Å². The third kappa shape index (κ3) is 3.22. The van der Waals surface area contributed by atoms with E-state index in [1.807, 2.05) is 24.3 Å². The molecular weight excluding hydrogens is 226 g/mol. The highest BCUT2D eigenvalue weighted by atomic mass is 35.5. The predicted octanol–water partition coefficient (Wildman–Crippen LogP) is 2.16. The average molecular weight is 242 g/mol. The largest absolute Gasteiger partial charge is 0.468 e. The Morgan fingerprint density at radius 1 is 1.50 bits per heavy atom. The minimum Gasteiger partial charge on any atom is -0.468 e. The highest BCUT2D eigenvalue weighted by molar-refractivity contribution is 6.31. The van der Waals surface area contributed by atoms with Crippen molar-refractivity contribution in [3.8, 4) is 0 Å². The van der Waals surface area contributed by atoms with Crippen LogP contribution in [-0.4, -0.2) is 18.6 Å². The van der Waals surface area contributed by atoms with Gasteiger partial charge in [0.2, 0.25) is 0 Å². The summed E-state index contributed by atoms with van der Waals surface area (Å²) in [5.74, 6) is -0.403. The Kier molecular flexibility index (Phi) is 4.33. The van der Waals surface area contributed by atoms with E-state index in [0.717, 1.165) is 5.56 Å². The Morgan fingerprint density at radius 3 is 2.69 bits per heavy atom. The molecule has 0 aliphatic rings. The van der Waals surface area contributed by atoms with Crippen LogP contribution in [0.1, 0.15) is 18.9 Å². The van der Waals surface area contributed by atoms with Crippen molar-refractivity contribution < 1.29 is 9.53 Å². The fraction of sp³-hybridized carbons (Fsp3) is 0.417. The zero-order chi connectivity index (χ0) is 12.2. The molecule has 0 spiro atoms. The lowest BCUT2D eigenvalue weighted by atomic mass is 9.94. The van der Waals surface area contributed by atoms with E-state index in [1.54, 1.807) is 6.92 Å². The minimum atomic E-state index is -0.964. The predicted molar refractivity (Wildman–Crippen MR) is 64.4 cm³/mol. The molecule has 0 fully saturated rings. The molecule has 1 aromatic rings. The van der Waals surface area contributed by atoms with E-state index in [4.69, 9.17) is 17.3 Å². The second-order valence-electron chi connectivity index (χ2n) is 4.00. The highest BCUT2D eigenvalue weighted by Gasteiger charge is 2.28. The molecule has 0 saturated heterocycles. The van der Waals surface area contributed by atoms with E-state index < -0.39 is 11.5 Å². The van der Waals surface area contributed by atoms with Crippen molar-refractivity contribution in [3.63, 3.8) is 0 Å². The van der Waals surface area contributed by atoms with Crippen LogP contribution >= 0.6 is 11.6 Å². The third-order valence-electron chi connectivity index (χ3n) is 2.52. The van der Waals surface area contributed by atoms with Gasteiger partial charge in [0.1, 0.15) is 5.54 Å². The van der Waals surface area contributed by atoms with Crippen LogP contribution in [0.2, 0.25) is 5.02 Å². The second-order valence-corrected chi connectivity index (χ2v) is 4.41. The maximum absolute atomic E-state index is 11.4. The maximum atomic E-state index is 11.4. The SMILES string of the molecule is COC(=O)C(C)(N)CCc1ccccc1Cl. The summed E-state index contributed by atoms with van der Waals surface area (Å²) >= 11 is 6.01. The molecule has 0 aliphatic heterocycles. The lowest BCUT2D eigenvalue weighted by Crippen LogP contribution is -2.46. The van der Waals surface area contributed by atoms with Gasteiger partial charge in [-0.25, -0.2) is 0 Å². The first-order valence-corrected chi connectivity index (χ1v) is 5.46. The number of carbonyl (C=O) groups is 1. The van der Waals surface area contributed by atoms with E-state index in [0.29, 0.717) is 17.9 Å². The molecule has 88 valence electrons. The molecule has 0 aliphatic carbocycles. The number of carbonyl (C=O) groups excluding carboxylic acids is 1. The first-order valence-electron chi connectivity index (χ1n) is 5.08. The molecule has 4 heteroatoms. The van der Waals surface area contributed by atoms with E-state index in [-0.39, 0.29) is 0 Å². The zero-order valence-corrected chi connectivity index (χ0v) is 10.3. The molecule has 1 unspecified atom stereocenters. The number of benzene rings is 1. The topological polar surface area (TPSA) is 52.3 Å². The lowest BCUT2D eigenvalue weighted by Gasteiger charge is -2.21. The Hall–Kier alpha value is -1.06. The molecule has 0 heterocycles. The van der Waals surface area contributed by atoms with Gasteiger partial charge in [-0.3, -0.25) is 4.79 Å². The van der Waals surface area contributed by atoms with Gasteiger partial charge >= 0.3 is 5.97 Å². The van der Waals surface area contributed by atoms with Gasteiger partial charge in [0, 0.05) is 5.02 Å². The number of methoxy groups -OCH3 is 1. The monoisotopic (exact) mass is 241 g/mol. The van der Waals surface area contributed by atoms with Gasteiger partial charge in [0.05, 0.1) is 7.11 Å². The summed E-state index contributed by atoms with van der Waals surface area (Å²) in [5, 5.41) is 0.697. The molecule has 2 N–H and O–H groups in total. The fourth-order valence-electron chi connectivity index (χ4n) is 1.43. The number of rotatable bonds is 4. The van der Waals surface area contributed by atoms with Gasteiger partial charge in [-0.2, -0.15) is 0 Å². The number of nitrogens with two attached hydrogens (primary N) is 1. The highest BCUT2D eigenvalue weighted by Crippen LogP contribution is 2.19. The number of halogens is 1. The molecule has 3 nitrogen and oxygen atoms in total. The van der Waals surface area contributed by atoms with Crippen LogP contribution in [0, 0.1) is 0 Å². The van der Waals surface area contributed by atoms with Crippen LogP contribution in [0.25, 0.3) is 0 Å². The normalized spacial score (nSPS) is 14.2. The van der Waals surface area contributed by atoms with E-state index in [1.165, 1.54) is 7.11 Å². The van der Waals surface area contributed by atoms with Gasteiger partial charge in [-0.05, 0) is 31.4 Å². The van der Waals surface area contributed by atoms with Crippen LogP contribution in [0.3, 0.4) is 0 Å². The molecule has 0 amide bonds. The first kappa shape index (κ1) is 13.0. The van der Waals surface area contributed by atoms with Gasteiger partial charge < -0.3 is 10.5 Å². The van der Waals surface area contributed by atoms with Crippen LogP contribution in [-0.2, 0) is 16.0 Å². The van der Waals surface area contributed by atoms with Crippen LogP contribution < -0.4 is 5.73 Å². The quantitative estimate of drug-likeness (QED) is 0.822. The Balaban J connectivity index is 2.65. The Bertz CT molecular complexity index is 377. The van der Waals surface area contributed by atoms with Gasteiger partial charge in [-0.15, -0.1) is 0 Å². The maximum Gasteiger partial charge on any atom is 0.325 e. The van der Waals surface area contributed by atoms with Gasteiger partial charge in [-0.1, -0.05) is 29.8 Å². The van der Waals surface area contributed by atoms with Crippen LogP contribution in [0.15, 0.2) is 24.3 Å². The number of ether oxygens (including phenoxy) is 1. The first-order chi connectivity index (χ1) is 7.47. The van der Waals surface area contributed by atoms with Crippen molar-refractivity contribution in [3.05, 3.63) is 34.9 Å². The van der Waals surface area contributed by atoms with E-state index >= 15 is 0 Å². The van der Waals surface area contributed by atoms with Crippen molar-refractivity contribution in [2.24, 2.45) is 5.73 Å². The Labute approximate surface area is 101 Å². The lowest BCUT2D eigenvalue weighted by molar-refractivity contribution is -0.146. The van der Waals surface area contributed by atoms with Crippen molar-refractivity contribution in [2.45, 2.75) is 25.3 Å². The smallest absolute Gasteiger partial charge is 0.325 e. The number of hydrogen-bond acceptors (Lipinski definition) is 3. The summed E-state index contributed by atoms with van der Waals surface area (Å²) in [6.07, 6.45) is 1.16. The van der Waals surface area contributed by atoms with Crippen molar-refractivity contribution in [1.29, 1.82) is 0 Å². The van der Waals surface area contributed by atoms with Crippen molar-refractivity contribution in [1.82, 2.24) is 0 Å². The molecule has 0 saturated carbocycles. The molecule has 1 atom stereocenters. The number of hydrogen-bond donors (Lipinski definition) is 1. The standard InChI is InChI=1S/C12H16ClNO2/c1-12(14,11(15)16-2)8-7-9-5-3-4-6-10(9)13/h3-6H,7-8,14H2,1-2H3. The Morgan fingerprint density at radius 2 is 2.12 bits per heavy atom.